The van der Waals surface area contributed by atoms with Crippen molar-refractivity contribution in [3.05, 3.63) is 35.4 Å². The van der Waals surface area contributed by atoms with E-state index in [0.29, 0.717) is 0 Å². The van der Waals surface area contributed by atoms with Gasteiger partial charge in [-0.2, -0.15) is 0 Å². The van der Waals surface area contributed by atoms with E-state index in [1.165, 1.54) is 99.8 Å². The molecule has 0 saturated carbocycles. The van der Waals surface area contributed by atoms with Crippen LogP contribution in [-0.2, 0) is 13.1 Å². The van der Waals surface area contributed by atoms with E-state index in [9.17, 15) is 0 Å². The Morgan fingerprint density at radius 3 is 1.25 bits per heavy atom. The van der Waals surface area contributed by atoms with Crippen molar-refractivity contribution in [1.82, 2.24) is 0 Å². The fourth-order valence-corrected chi connectivity index (χ4v) is 6.34. The Bertz CT molecular complexity index is 511. The first-order valence-corrected chi connectivity index (χ1v) is 10.5. The van der Waals surface area contributed by atoms with Crippen molar-refractivity contribution >= 4 is 0 Å². The van der Waals surface area contributed by atoms with Gasteiger partial charge in [-0.15, -0.1) is 0 Å². The predicted octanol–water partition coefficient (Wildman–Crippen LogP) is 3.95. The lowest BCUT2D eigenvalue weighted by Crippen LogP contribution is -2.58. The number of piperidine rings is 6. The van der Waals surface area contributed by atoms with Crippen LogP contribution >= 0.6 is 0 Å². The number of quaternary nitrogens is 2. The zero-order valence-electron chi connectivity index (χ0n) is 15.3. The van der Waals surface area contributed by atoms with Gasteiger partial charge in [-0.1, -0.05) is 24.3 Å². The Hall–Kier alpha value is -0.860. The molecule has 6 saturated heterocycles. The number of fused-ring (bicyclic) bond motifs is 6. The molecule has 130 valence electrons. The van der Waals surface area contributed by atoms with Crippen LogP contribution in [0.25, 0.3) is 0 Å². The number of hydrogen-bond acceptors (Lipinski definition) is 0. The van der Waals surface area contributed by atoms with Crippen LogP contribution in [0.5, 0.6) is 0 Å². The Balaban J connectivity index is 1.37. The van der Waals surface area contributed by atoms with E-state index in [4.69, 9.17) is 0 Å². The molecule has 6 fully saturated rings. The minimum Gasteiger partial charge on any atom is -0.320 e. The quantitative estimate of drug-likeness (QED) is 0.735. The lowest BCUT2D eigenvalue weighted by atomic mass is 9.84. The van der Waals surface area contributed by atoms with Crippen LogP contribution in [0.15, 0.2) is 24.3 Å². The summed E-state index contributed by atoms with van der Waals surface area (Å²) in [5.74, 6) is 2.13. The summed E-state index contributed by atoms with van der Waals surface area (Å²) in [6.07, 6.45) is 8.94. The molecule has 2 heteroatoms. The van der Waals surface area contributed by atoms with Gasteiger partial charge in [0.25, 0.3) is 0 Å². The Labute approximate surface area is 147 Å². The Kier molecular flexibility index (Phi) is 3.75. The monoisotopic (exact) mass is 326 g/mol. The van der Waals surface area contributed by atoms with E-state index in [1.54, 1.807) is 11.1 Å². The van der Waals surface area contributed by atoms with E-state index in [2.05, 4.69) is 24.3 Å². The fourth-order valence-electron chi connectivity index (χ4n) is 6.34. The second kappa shape index (κ2) is 5.85. The minimum absolute atomic E-state index is 1.06. The van der Waals surface area contributed by atoms with Gasteiger partial charge in [-0.3, -0.25) is 0 Å². The Morgan fingerprint density at radius 2 is 0.917 bits per heavy atom. The topological polar surface area (TPSA) is 0 Å². The van der Waals surface area contributed by atoms with Crippen LogP contribution in [0.1, 0.15) is 49.7 Å². The van der Waals surface area contributed by atoms with Gasteiger partial charge in [0.15, 0.2) is 0 Å². The molecule has 6 aliphatic heterocycles. The van der Waals surface area contributed by atoms with E-state index in [1.807, 2.05) is 0 Å². The fraction of sp³-hybridized carbons (Fsp3) is 0.727. The van der Waals surface area contributed by atoms with Crippen molar-refractivity contribution in [3.63, 3.8) is 0 Å². The smallest absolute Gasteiger partial charge is 0.105 e. The van der Waals surface area contributed by atoms with Crippen molar-refractivity contribution in [2.75, 3.05) is 39.3 Å². The first-order chi connectivity index (χ1) is 11.7. The molecule has 2 nitrogen and oxygen atoms in total. The molecule has 6 aliphatic rings. The van der Waals surface area contributed by atoms with E-state index < -0.39 is 0 Å². The molecule has 1 aromatic rings. The van der Waals surface area contributed by atoms with Crippen LogP contribution in [-0.4, -0.2) is 48.2 Å². The SMILES string of the molecule is c1ccc(C[N+]23CCC(CC2)CC3)c(C[N+]23CCC(CC2)CC3)c1. The molecule has 0 atom stereocenters. The summed E-state index contributed by atoms with van der Waals surface area (Å²) in [6.45, 7) is 11.3. The highest BCUT2D eigenvalue weighted by Gasteiger charge is 2.42. The van der Waals surface area contributed by atoms with E-state index in [-0.39, 0.29) is 0 Å². The summed E-state index contributed by atoms with van der Waals surface area (Å²) in [6, 6.07) is 9.49. The van der Waals surface area contributed by atoms with Crippen LogP contribution in [0.3, 0.4) is 0 Å². The van der Waals surface area contributed by atoms with Crippen molar-refractivity contribution in [1.29, 1.82) is 0 Å². The number of hydrogen-bond donors (Lipinski definition) is 0. The summed E-state index contributed by atoms with van der Waals surface area (Å²) in [5.41, 5.74) is 3.36. The van der Waals surface area contributed by atoms with Gasteiger partial charge in [-0.25, -0.2) is 0 Å². The van der Waals surface area contributed by atoms with Gasteiger partial charge in [0.1, 0.15) is 13.1 Å². The predicted molar refractivity (Wildman–Crippen MR) is 98.3 cm³/mol. The minimum atomic E-state index is 1.06. The van der Waals surface area contributed by atoms with Gasteiger partial charge in [-0.05, 0) is 50.4 Å². The largest absolute Gasteiger partial charge is 0.320 e. The van der Waals surface area contributed by atoms with E-state index >= 15 is 0 Å². The molecule has 7 rings (SSSR count). The van der Waals surface area contributed by atoms with Crippen LogP contribution < -0.4 is 0 Å². The van der Waals surface area contributed by atoms with Crippen molar-refractivity contribution in [2.45, 2.75) is 51.6 Å². The normalized spacial score (nSPS) is 40.8. The Morgan fingerprint density at radius 1 is 0.583 bits per heavy atom. The second-order valence-corrected chi connectivity index (χ2v) is 9.57. The molecule has 1 aromatic carbocycles. The summed E-state index contributed by atoms with van der Waals surface area (Å²) in [5, 5.41) is 0. The maximum absolute atomic E-state index is 2.46. The van der Waals surface area contributed by atoms with Crippen molar-refractivity contribution in [3.8, 4) is 0 Å². The highest BCUT2D eigenvalue weighted by molar-refractivity contribution is 5.26. The second-order valence-electron chi connectivity index (χ2n) is 9.57. The van der Waals surface area contributed by atoms with Gasteiger partial charge in [0, 0.05) is 11.1 Å². The standard InChI is InChI=1S/C22H34N2/c1-2-4-22(18-24-14-8-20(9-15-24)10-16-24)21(3-1)17-23-11-5-19(6-12-23)7-13-23/h1-4,19-20H,5-18H2/q+2. The van der Waals surface area contributed by atoms with Gasteiger partial charge in [0.2, 0.25) is 0 Å². The van der Waals surface area contributed by atoms with Crippen molar-refractivity contribution < 1.29 is 8.97 Å². The molecular formula is C22H34N2+2. The lowest BCUT2D eigenvalue weighted by molar-refractivity contribution is -0.958. The first-order valence-electron chi connectivity index (χ1n) is 10.5. The summed E-state index contributed by atoms with van der Waals surface area (Å²) in [7, 11) is 0. The van der Waals surface area contributed by atoms with Crippen LogP contribution in [0.2, 0.25) is 0 Å². The molecule has 0 spiro atoms. The molecule has 0 N–H and O–H groups in total. The molecule has 24 heavy (non-hydrogen) atoms. The number of nitrogens with zero attached hydrogens (tertiary/aromatic N) is 2. The molecule has 0 amide bonds. The summed E-state index contributed by atoms with van der Waals surface area (Å²) in [4.78, 5) is 0. The molecule has 0 unspecified atom stereocenters. The van der Waals surface area contributed by atoms with Gasteiger partial charge < -0.3 is 8.97 Å². The zero-order chi connectivity index (χ0) is 16.0. The number of benzene rings is 1. The average Bonchev–Trinajstić information content (AvgIpc) is 2.66. The molecule has 6 heterocycles. The molecule has 0 radical (unpaired) electrons. The third-order valence-electron chi connectivity index (χ3n) is 8.20. The average molecular weight is 327 g/mol. The molecule has 0 aromatic heterocycles. The van der Waals surface area contributed by atoms with Gasteiger partial charge >= 0.3 is 0 Å². The highest BCUT2D eigenvalue weighted by atomic mass is 15.4. The third kappa shape index (κ3) is 2.72. The number of rotatable bonds is 4. The highest BCUT2D eigenvalue weighted by Crippen LogP contribution is 2.38. The zero-order valence-corrected chi connectivity index (χ0v) is 15.3. The maximum Gasteiger partial charge on any atom is 0.105 e. The maximum atomic E-state index is 2.46. The van der Waals surface area contributed by atoms with Crippen molar-refractivity contribution in [2.24, 2.45) is 11.8 Å². The molecule has 0 aliphatic carbocycles. The van der Waals surface area contributed by atoms with Crippen LogP contribution in [0, 0.1) is 11.8 Å². The summed E-state index contributed by atoms with van der Waals surface area (Å²) < 4.78 is 2.80. The summed E-state index contributed by atoms with van der Waals surface area (Å²) >= 11 is 0. The van der Waals surface area contributed by atoms with Crippen LogP contribution in [0.4, 0.5) is 0 Å². The third-order valence-corrected chi connectivity index (χ3v) is 8.20. The first kappa shape index (κ1) is 15.4. The van der Waals surface area contributed by atoms with E-state index in [0.717, 1.165) is 11.8 Å². The van der Waals surface area contributed by atoms with Gasteiger partial charge in [0.05, 0.1) is 39.3 Å². The molecule has 4 bridgehead atoms. The molecular weight excluding hydrogens is 292 g/mol. The lowest BCUT2D eigenvalue weighted by Gasteiger charge is -2.50.